The van der Waals surface area contributed by atoms with Crippen molar-refractivity contribution in [2.24, 2.45) is 0 Å². The lowest BCUT2D eigenvalue weighted by Crippen LogP contribution is -2.36. The molecule has 0 aromatic heterocycles. The van der Waals surface area contributed by atoms with Gasteiger partial charge in [-0.1, -0.05) is 0 Å². The summed E-state index contributed by atoms with van der Waals surface area (Å²) in [6, 6.07) is 4.02. The van der Waals surface area contributed by atoms with E-state index in [4.69, 9.17) is 5.11 Å². The molecule has 1 aromatic carbocycles. The highest BCUT2D eigenvalue weighted by Crippen LogP contribution is 2.27. The number of benzene rings is 1. The summed E-state index contributed by atoms with van der Waals surface area (Å²) in [5.74, 6) is -1.55. The molecule has 2 rings (SSSR count). The lowest BCUT2D eigenvalue weighted by Gasteiger charge is -2.21. The summed E-state index contributed by atoms with van der Waals surface area (Å²) >= 11 is 0. The monoisotopic (exact) mass is 264 g/mol. The van der Waals surface area contributed by atoms with E-state index in [0.29, 0.717) is 18.3 Å². The minimum atomic E-state index is -1.23. The van der Waals surface area contributed by atoms with E-state index in [2.05, 4.69) is 5.32 Å². The van der Waals surface area contributed by atoms with Crippen LogP contribution >= 0.6 is 0 Å². The molecule has 102 valence electrons. The maximum atomic E-state index is 12.0. The average Bonchev–Trinajstić information content (AvgIpc) is 3.16. The average molecular weight is 264 g/mol. The summed E-state index contributed by atoms with van der Waals surface area (Å²) in [6.45, 7) is 2.51. The lowest BCUT2D eigenvalue weighted by molar-refractivity contribution is 0.0693. The van der Waals surface area contributed by atoms with Gasteiger partial charge in [-0.05, 0) is 38.0 Å². The summed E-state index contributed by atoms with van der Waals surface area (Å²) < 4.78 is 0. The Morgan fingerprint density at radius 2 is 2.11 bits per heavy atom. The van der Waals surface area contributed by atoms with Crippen molar-refractivity contribution in [1.29, 1.82) is 0 Å². The highest BCUT2D eigenvalue weighted by atomic mass is 16.4. The SMILES string of the molecule is CCN(C(=O)Nc1ccc(O)c(C(=O)O)c1)C1CC1. The van der Waals surface area contributed by atoms with E-state index in [1.165, 1.54) is 18.2 Å². The molecule has 0 spiro atoms. The van der Waals surface area contributed by atoms with Crippen LogP contribution in [0.4, 0.5) is 10.5 Å². The molecule has 6 heteroatoms. The second-order valence-corrected chi connectivity index (χ2v) is 4.48. The Kier molecular flexibility index (Phi) is 3.59. The van der Waals surface area contributed by atoms with Crippen molar-refractivity contribution >= 4 is 17.7 Å². The summed E-state index contributed by atoms with van der Waals surface area (Å²) in [5, 5.41) is 20.9. The first-order valence-electron chi connectivity index (χ1n) is 6.17. The molecular formula is C13H16N2O4. The van der Waals surface area contributed by atoms with Crippen LogP contribution in [0.5, 0.6) is 5.75 Å². The number of nitrogens with one attached hydrogen (secondary N) is 1. The van der Waals surface area contributed by atoms with E-state index < -0.39 is 5.97 Å². The second-order valence-electron chi connectivity index (χ2n) is 4.48. The topological polar surface area (TPSA) is 89.9 Å². The van der Waals surface area contributed by atoms with Gasteiger partial charge in [0, 0.05) is 18.3 Å². The predicted molar refractivity (Wildman–Crippen MR) is 69.5 cm³/mol. The highest BCUT2D eigenvalue weighted by molar-refractivity contribution is 5.95. The molecule has 6 nitrogen and oxygen atoms in total. The number of hydrogen-bond donors (Lipinski definition) is 3. The van der Waals surface area contributed by atoms with Gasteiger partial charge in [0.05, 0.1) is 0 Å². The quantitative estimate of drug-likeness (QED) is 0.726. The van der Waals surface area contributed by atoms with E-state index in [1.807, 2.05) is 6.92 Å². The first-order chi connectivity index (χ1) is 9.02. The van der Waals surface area contributed by atoms with Crippen LogP contribution in [0.1, 0.15) is 30.1 Å². The third-order valence-electron chi connectivity index (χ3n) is 3.07. The summed E-state index contributed by atoms with van der Waals surface area (Å²) in [4.78, 5) is 24.6. The minimum Gasteiger partial charge on any atom is -0.507 e. The third kappa shape index (κ3) is 2.96. The van der Waals surface area contributed by atoms with Crippen molar-refractivity contribution in [3.8, 4) is 5.75 Å². The van der Waals surface area contributed by atoms with Crippen LogP contribution in [0.25, 0.3) is 0 Å². The van der Waals surface area contributed by atoms with Crippen LogP contribution < -0.4 is 5.32 Å². The molecular weight excluding hydrogens is 248 g/mol. The van der Waals surface area contributed by atoms with Gasteiger partial charge in [-0.2, -0.15) is 0 Å². The number of carbonyl (C=O) groups is 2. The molecule has 0 atom stereocenters. The van der Waals surface area contributed by atoms with Crippen LogP contribution in [0.2, 0.25) is 0 Å². The van der Waals surface area contributed by atoms with Crippen molar-refractivity contribution in [2.75, 3.05) is 11.9 Å². The molecule has 1 fully saturated rings. The molecule has 0 unspecified atom stereocenters. The van der Waals surface area contributed by atoms with Crippen molar-refractivity contribution in [3.05, 3.63) is 23.8 Å². The first-order valence-corrected chi connectivity index (χ1v) is 6.17. The molecule has 2 amide bonds. The molecule has 1 aromatic rings. The number of aromatic hydroxyl groups is 1. The number of carboxylic acids is 1. The Bertz CT molecular complexity index is 511. The first kappa shape index (κ1) is 13.2. The smallest absolute Gasteiger partial charge is 0.339 e. The Morgan fingerprint density at radius 3 is 2.63 bits per heavy atom. The zero-order chi connectivity index (χ0) is 14.0. The molecule has 1 saturated carbocycles. The van der Waals surface area contributed by atoms with Crippen LogP contribution in [-0.2, 0) is 0 Å². The lowest BCUT2D eigenvalue weighted by atomic mass is 10.2. The Morgan fingerprint density at radius 1 is 1.42 bits per heavy atom. The van der Waals surface area contributed by atoms with Gasteiger partial charge in [0.15, 0.2) is 0 Å². The molecule has 0 heterocycles. The largest absolute Gasteiger partial charge is 0.507 e. The van der Waals surface area contributed by atoms with Crippen LogP contribution in [0, 0.1) is 0 Å². The van der Waals surface area contributed by atoms with E-state index in [-0.39, 0.29) is 17.3 Å². The summed E-state index contributed by atoms with van der Waals surface area (Å²) in [6.07, 6.45) is 2.02. The van der Waals surface area contributed by atoms with Crippen molar-refractivity contribution in [3.63, 3.8) is 0 Å². The molecule has 0 aliphatic heterocycles. The molecule has 0 radical (unpaired) electrons. The van der Waals surface area contributed by atoms with Crippen molar-refractivity contribution < 1.29 is 19.8 Å². The van der Waals surface area contributed by atoms with E-state index in [1.54, 1.807) is 4.90 Å². The Balaban J connectivity index is 2.12. The van der Waals surface area contributed by atoms with Gasteiger partial charge >= 0.3 is 12.0 Å². The van der Waals surface area contributed by atoms with E-state index in [9.17, 15) is 14.7 Å². The highest BCUT2D eigenvalue weighted by Gasteiger charge is 2.31. The molecule has 1 aliphatic carbocycles. The molecule has 0 saturated heterocycles. The molecule has 19 heavy (non-hydrogen) atoms. The van der Waals surface area contributed by atoms with Gasteiger partial charge in [0.2, 0.25) is 0 Å². The normalized spacial score (nSPS) is 13.9. The minimum absolute atomic E-state index is 0.229. The fraction of sp³-hybridized carbons (Fsp3) is 0.385. The number of aromatic carboxylic acids is 1. The Hall–Kier alpha value is -2.24. The maximum Gasteiger partial charge on any atom is 0.339 e. The number of carboxylic acid groups (broad SMARTS) is 1. The maximum absolute atomic E-state index is 12.0. The number of urea groups is 1. The molecule has 3 N–H and O–H groups in total. The van der Waals surface area contributed by atoms with Crippen LogP contribution in [-0.4, -0.2) is 39.7 Å². The molecule has 0 bridgehead atoms. The fourth-order valence-electron chi connectivity index (χ4n) is 1.93. The second kappa shape index (κ2) is 5.17. The number of hydrogen-bond acceptors (Lipinski definition) is 3. The van der Waals surface area contributed by atoms with Gasteiger partial charge in [-0.3, -0.25) is 0 Å². The van der Waals surface area contributed by atoms with E-state index in [0.717, 1.165) is 12.8 Å². The number of phenols is 1. The van der Waals surface area contributed by atoms with E-state index >= 15 is 0 Å². The van der Waals surface area contributed by atoms with Gasteiger partial charge in [-0.25, -0.2) is 9.59 Å². The summed E-state index contributed by atoms with van der Waals surface area (Å²) in [5.41, 5.74) is 0.131. The van der Waals surface area contributed by atoms with Crippen molar-refractivity contribution in [1.82, 2.24) is 4.90 Å². The van der Waals surface area contributed by atoms with Gasteiger partial charge in [-0.15, -0.1) is 0 Å². The van der Waals surface area contributed by atoms with Crippen molar-refractivity contribution in [2.45, 2.75) is 25.8 Å². The third-order valence-corrected chi connectivity index (χ3v) is 3.07. The number of carbonyl (C=O) groups excluding carboxylic acids is 1. The number of rotatable bonds is 4. The van der Waals surface area contributed by atoms with Gasteiger partial charge < -0.3 is 20.4 Å². The van der Waals surface area contributed by atoms with Crippen LogP contribution in [0.3, 0.4) is 0 Å². The zero-order valence-electron chi connectivity index (χ0n) is 10.6. The number of anilines is 1. The Labute approximate surface area is 110 Å². The van der Waals surface area contributed by atoms with Gasteiger partial charge in [0.25, 0.3) is 0 Å². The number of nitrogens with zero attached hydrogens (tertiary/aromatic N) is 1. The predicted octanol–water partition coefficient (Wildman–Crippen LogP) is 2.11. The standard InChI is InChI=1S/C13H16N2O4/c1-2-15(9-4-5-9)13(19)14-8-3-6-11(16)10(7-8)12(17)18/h3,6-7,9,16H,2,4-5H2,1H3,(H,14,19)(H,17,18). The van der Waals surface area contributed by atoms with Gasteiger partial charge in [0.1, 0.15) is 11.3 Å². The van der Waals surface area contributed by atoms with Crippen LogP contribution in [0.15, 0.2) is 18.2 Å². The zero-order valence-corrected chi connectivity index (χ0v) is 10.6. The fourth-order valence-corrected chi connectivity index (χ4v) is 1.93. The number of amides is 2. The molecule has 1 aliphatic rings. The summed E-state index contributed by atoms with van der Waals surface area (Å²) in [7, 11) is 0.